The lowest BCUT2D eigenvalue weighted by Gasteiger charge is -2.40. The van der Waals surface area contributed by atoms with E-state index in [0.29, 0.717) is 24.1 Å². The number of nitrogens with one attached hydrogen (secondary N) is 1. The molecule has 4 rings (SSSR count). The number of anilines is 2. The Morgan fingerprint density at radius 3 is 2.52 bits per heavy atom. The molecule has 6 nitrogen and oxygen atoms in total. The van der Waals surface area contributed by atoms with Gasteiger partial charge in [0.25, 0.3) is 0 Å². The van der Waals surface area contributed by atoms with Crippen LogP contribution >= 0.6 is 0 Å². The molecule has 0 radical (unpaired) electrons. The van der Waals surface area contributed by atoms with E-state index in [2.05, 4.69) is 10.3 Å². The maximum absolute atomic E-state index is 12.6. The van der Waals surface area contributed by atoms with Crippen molar-refractivity contribution in [2.45, 2.75) is 51.0 Å². The molecule has 1 aromatic heterocycles. The van der Waals surface area contributed by atoms with Gasteiger partial charge in [0.15, 0.2) is 0 Å². The maximum Gasteiger partial charge on any atom is 0.228 e. The average Bonchev–Trinajstić information content (AvgIpc) is 3.00. The second-order valence-corrected chi connectivity index (χ2v) is 7.80. The number of rotatable bonds is 3. The van der Waals surface area contributed by atoms with Gasteiger partial charge in [0.05, 0.1) is 18.0 Å². The van der Waals surface area contributed by atoms with E-state index in [9.17, 15) is 14.7 Å². The van der Waals surface area contributed by atoms with Crippen LogP contribution in [-0.2, 0) is 9.59 Å². The standard InChI is InChI=1S/C19H25N3O3/c23-16-9-12-6-13(10-16)8-14(7-12)19(25)21-17-4-3-15(11-20-17)22-5-1-2-18(22)24/h3-4,11-14,16,23H,1-2,5-10H2,(H,20,21,25). The summed E-state index contributed by atoms with van der Waals surface area (Å²) in [5.41, 5.74) is 0.793. The summed E-state index contributed by atoms with van der Waals surface area (Å²) in [6.45, 7) is 0.739. The molecule has 2 atom stereocenters. The molecular weight excluding hydrogens is 318 g/mol. The van der Waals surface area contributed by atoms with Gasteiger partial charge in [-0.1, -0.05) is 0 Å². The lowest BCUT2D eigenvalue weighted by atomic mass is 9.67. The first-order valence-corrected chi connectivity index (χ1v) is 9.34. The van der Waals surface area contributed by atoms with Crippen molar-refractivity contribution in [2.75, 3.05) is 16.8 Å². The van der Waals surface area contributed by atoms with Crippen molar-refractivity contribution in [3.05, 3.63) is 18.3 Å². The van der Waals surface area contributed by atoms with Gasteiger partial charge in [-0.05, 0) is 62.5 Å². The number of amides is 2. The number of nitrogens with zero attached hydrogens (tertiary/aromatic N) is 2. The van der Waals surface area contributed by atoms with Gasteiger partial charge >= 0.3 is 0 Å². The summed E-state index contributed by atoms with van der Waals surface area (Å²) < 4.78 is 0. The molecule has 3 aliphatic rings. The van der Waals surface area contributed by atoms with E-state index in [4.69, 9.17) is 0 Å². The monoisotopic (exact) mass is 343 g/mol. The van der Waals surface area contributed by atoms with Gasteiger partial charge in [0, 0.05) is 18.9 Å². The molecule has 2 heterocycles. The number of carbonyl (C=O) groups is 2. The van der Waals surface area contributed by atoms with E-state index in [-0.39, 0.29) is 23.8 Å². The van der Waals surface area contributed by atoms with Gasteiger partial charge in [-0.3, -0.25) is 9.59 Å². The summed E-state index contributed by atoms with van der Waals surface area (Å²) in [4.78, 5) is 30.4. The Kier molecular flexibility index (Phi) is 4.46. The zero-order valence-corrected chi connectivity index (χ0v) is 14.4. The van der Waals surface area contributed by atoms with Gasteiger partial charge in [0.1, 0.15) is 5.82 Å². The number of aliphatic hydroxyl groups excluding tert-OH is 1. The van der Waals surface area contributed by atoms with E-state index >= 15 is 0 Å². The van der Waals surface area contributed by atoms with Crippen molar-refractivity contribution in [3.8, 4) is 0 Å². The summed E-state index contributed by atoms with van der Waals surface area (Å²) in [6.07, 6.45) is 7.49. The van der Waals surface area contributed by atoms with E-state index in [1.54, 1.807) is 17.2 Å². The molecule has 2 bridgehead atoms. The minimum absolute atomic E-state index is 0.0119. The van der Waals surface area contributed by atoms with Crippen molar-refractivity contribution < 1.29 is 14.7 Å². The predicted molar refractivity (Wildman–Crippen MR) is 94.0 cm³/mol. The average molecular weight is 343 g/mol. The van der Waals surface area contributed by atoms with Crippen LogP contribution in [-0.4, -0.2) is 34.6 Å². The Bertz CT molecular complexity index is 642. The van der Waals surface area contributed by atoms with Crippen molar-refractivity contribution in [1.29, 1.82) is 0 Å². The lowest BCUT2D eigenvalue weighted by molar-refractivity contribution is -0.123. The number of carbonyl (C=O) groups excluding carboxylic acids is 2. The molecule has 2 unspecified atom stereocenters. The minimum atomic E-state index is -0.185. The highest BCUT2D eigenvalue weighted by Crippen LogP contribution is 2.42. The van der Waals surface area contributed by atoms with E-state index in [1.165, 1.54) is 0 Å². The maximum atomic E-state index is 12.6. The molecule has 1 aromatic rings. The summed E-state index contributed by atoms with van der Waals surface area (Å²) in [5.74, 6) is 1.65. The molecule has 0 aromatic carbocycles. The molecule has 2 aliphatic carbocycles. The molecule has 134 valence electrons. The van der Waals surface area contributed by atoms with E-state index in [1.807, 2.05) is 6.07 Å². The minimum Gasteiger partial charge on any atom is -0.393 e. The first-order valence-electron chi connectivity index (χ1n) is 9.34. The summed E-state index contributed by atoms with van der Waals surface area (Å²) in [6, 6.07) is 3.62. The first-order chi connectivity index (χ1) is 12.1. The highest BCUT2D eigenvalue weighted by Gasteiger charge is 2.38. The van der Waals surface area contributed by atoms with Gasteiger partial charge in [-0.25, -0.2) is 4.98 Å². The van der Waals surface area contributed by atoms with Gasteiger partial charge < -0.3 is 15.3 Å². The van der Waals surface area contributed by atoms with Crippen LogP contribution in [0.4, 0.5) is 11.5 Å². The third-order valence-corrected chi connectivity index (χ3v) is 5.87. The summed E-state index contributed by atoms with van der Waals surface area (Å²) in [5, 5.41) is 12.8. The molecule has 3 fully saturated rings. The van der Waals surface area contributed by atoms with Crippen LogP contribution < -0.4 is 10.2 Å². The highest BCUT2D eigenvalue weighted by molar-refractivity contribution is 5.95. The zero-order valence-electron chi connectivity index (χ0n) is 14.4. The number of hydrogen-bond acceptors (Lipinski definition) is 4. The molecule has 2 saturated carbocycles. The van der Waals surface area contributed by atoms with Gasteiger partial charge in [-0.2, -0.15) is 0 Å². The van der Waals surface area contributed by atoms with Crippen LogP contribution in [0, 0.1) is 17.8 Å². The Hall–Kier alpha value is -1.95. The molecule has 0 spiro atoms. The highest BCUT2D eigenvalue weighted by atomic mass is 16.3. The lowest BCUT2D eigenvalue weighted by Crippen LogP contribution is -2.38. The summed E-state index contributed by atoms with van der Waals surface area (Å²) >= 11 is 0. The molecule has 6 heteroatoms. The Morgan fingerprint density at radius 1 is 1.16 bits per heavy atom. The summed E-state index contributed by atoms with van der Waals surface area (Å²) in [7, 11) is 0. The van der Waals surface area contributed by atoms with E-state index < -0.39 is 0 Å². The van der Waals surface area contributed by atoms with Crippen LogP contribution in [0.1, 0.15) is 44.9 Å². The normalized spacial score (nSPS) is 31.9. The fourth-order valence-electron chi connectivity index (χ4n) is 4.80. The second kappa shape index (κ2) is 6.75. The fraction of sp³-hybridized carbons (Fsp3) is 0.632. The van der Waals surface area contributed by atoms with E-state index in [0.717, 1.165) is 50.8 Å². The number of hydrogen-bond donors (Lipinski definition) is 2. The SMILES string of the molecule is O=C(Nc1ccc(N2CCCC2=O)cn1)C1CC2CC(O)CC(C2)C1. The smallest absolute Gasteiger partial charge is 0.228 e. The molecule has 2 N–H and O–H groups in total. The second-order valence-electron chi connectivity index (χ2n) is 7.80. The predicted octanol–water partition coefficient (Wildman–Crippen LogP) is 2.33. The Labute approximate surface area is 147 Å². The first kappa shape index (κ1) is 16.5. The van der Waals surface area contributed by atoms with Crippen molar-refractivity contribution >= 4 is 23.3 Å². The largest absolute Gasteiger partial charge is 0.393 e. The van der Waals surface area contributed by atoms with Crippen molar-refractivity contribution in [2.24, 2.45) is 17.8 Å². The number of aromatic nitrogens is 1. The third-order valence-electron chi connectivity index (χ3n) is 5.87. The fourth-order valence-corrected chi connectivity index (χ4v) is 4.80. The quantitative estimate of drug-likeness (QED) is 0.882. The van der Waals surface area contributed by atoms with Crippen LogP contribution in [0.25, 0.3) is 0 Å². The van der Waals surface area contributed by atoms with Crippen LogP contribution in [0.2, 0.25) is 0 Å². The molecule has 25 heavy (non-hydrogen) atoms. The molecule has 1 aliphatic heterocycles. The van der Waals surface area contributed by atoms with Crippen LogP contribution in [0.3, 0.4) is 0 Å². The topological polar surface area (TPSA) is 82.5 Å². The van der Waals surface area contributed by atoms with Crippen LogP contribution in [0.15, 0.2) is 18.3 Å². The zero-order chi connectivity index (χ0) is 17.4. The van der Waals surface area contributed by atoms with Crippen LogP contribution in [0.5, 0.6) is 0 Å². The number of fused-ring (bicyclic) bond motifs is 2. The van der Waals surface area contributed by atoms with Crippen molar-refractivity contribution in [1.82, 2.24) is 4.98 Å². The van der Waals surface area contributed by atoms with Gasteiger partial charge in [-0.15, -0.1) is 0 Å². The Morgan fingerprint density at radius 2 is 1.92 bits per heavy atom. The molecular formula is C19H25N3O3. The molecule has 2 amide bonds. The molecule has 1 saturated heterocycles. The number of pyridine rings is 1. The van der Waals surface area contributed by atoms with Crippen molar-refractivity contribution in [3.63, 3.8) is 0 Å². The Balaban J connectivity index is 1.37. The third kappa shape index (κ3) is 3.54. The number of aliphatic hydroxyl groups is 1. The van der Waals surface area contributed by atoms with Gasteiger partial charge in [0.2, 0.25) is 11.8 Å².